The van der Waals surface area contributed by atoms with Gasteiger partial charge in [-0.05, 0) is 12.3 Å². The largest absolute Gasteiger partial charge is 0.396 e. The highest BCUT2D eigenvalue weighted by molar-refractivity contribution is 5.90. The summed E-state index contributed by atoms with van der Waals surface area (Å²) < 4.78 is 0. The molecule has 6 heteroatoms. The highest BCUT2D eigenvalue weighted by Crippen LogP contribution is 2.05. The molecule has 0 bridgehead atoms. The molecule has 0 aliphatic carbocycles. The maximum absolute atomic E-state index is 11.7. The van der Waals surface area contributed by atoms with E-state index in [4.69, 9.17) is 5.11 Å². The lowest BCUT2D eigenvalue weighted by Gasteiger charge is -2.13. The Morgan fingerprint density at radius 1 is 1.53 bits per heavy atom. The summed E-state index contributed by atoms with van der Waals surface area (Å²) in [5.74, 6) is 0.920. The monoisotopic (exact) mass is 240 g/mol. The number of hydrogen-bond acceptors (Lipinski definition) is 4. The van der Waals surface area contributed by atoms with E-state index in [9.17, 15) is 4.79 Å². The van der Waals surface area contributed by atoms with Gasteiger partial charge in [-0.2, -0.15) is 0 Å². The van der Waals surface area contributed by atoms with Crippen LogP contribution in [0.1, 0.15) is 43.1 Å². The van der Waals surface area contributed by atoms with Crippen LogP contribution in [0, 0.1) is 5.92 Å². The molecule has 0 aliphatic rings. The lowest BCUT2D eigenvalue weighted by Crippen LogP contribution is -2.30. The maximum atomic E-state index is 11.7. The molecule has 1 aromatic heterocycles. The Labute approximate surface area is 101 Å². The number of aromatic nitrogens is 3. The van der Waals surface area contributed by atoms with E-state index in [0.29, 0.717) is 24.7 Å². The number of rotatable bonds is 7. The van der Waals surface area contributed by atoms with Crippen LogP contribution in [0.3, 0.4) is 0 Å². The average Bonchev–Trinajstić information content (AvgIpc) is 2.82. The zero-order valence-electron chi connectivity index (χ0n) is 10.4. The third-order valence-electron chi connectivity index (χ3n) is 2.74. The standard InChI is InChI=1S/C11H20N4O2/c1-3-8(5-6-16)7-12-11(17)10-13-9(4-2)14-15-10/h8,16H,3-7H2,1-2H3,(H,12,17)(H,13,14,15). The number of amides is 1. The first kappa shape index (κ1) is 13.6. The Hall–Kier alpha value is -1.43. The van der Waals surface area contributed by atoms with E-state index < -0.39 is 0 Å². The van der Waals surface area contributed by atoms with Gasteiger partial charge in [0.1, 0.15) is 5.82 Å². The minimum Gasteiger partial charge on any atom is -0.396 e. The second-order valence-electron chi connectivity index (χ2n) is 3.96. The number of aryl methyl sites for hydroxylation is 1. The van der Waals surface area contributed by atoms with Crippen LogP contribution >= 0.6 is 0 Å². The number of carbonyl (C=O) groups excluding carboxylic acids is 1. The number of aliphatic hydroxyl groups is 1. The molecule has 0 saturated heterocycles. The first-order valence-corrected chi connectivity index (χ1v) is 6.01. The van der Waals surface area contributed by atoms with E-state index in [1.165, 1.54) is 0 Å². The topological polar surface area (TPSA) is 90.9 Å². The van der Waals surface area contributed by atoms with E-state index >= 15 is 0 Å². The number of hydrogen-bond donors (Lipinski definition) is 3. The molecule has 0 saturated carbocycles. The summed E-state index contributed by atoms with van der Waals surface area (Å²) in [6.07, 6.45) is 2.35. The van der Waals surface area contributed by atoms with Gasteiger partial charge in [0, 0.05) is 19.6 Å². The minimum atomic E-state index is -0.266. The molecule has 0 spiro atoms. The highest BCUT2D eigenvalue weighted by Gasteiger charge is 2.13. The van der Waals surface area contributed by atoms with Gasteiger partial charge in [-0.25, -0.2) is 4.98 Å². The molecule has 1 amide bonds. The Morgan fingerprint density at radius 3 is 2.82 bits per heavy atom. The SMILES string of the molecule is CCc1nc(C(=O)NCC(CC)CCO)n[nH]1. The van der Waals surface area contributed by atoms with Gasteiger partial charge < -0.3 is 10.4 Å². The fourth-order valence-electron chi connectivity index (χ4n) is 1.50. The third-order valence-corrected chi connectivity index (χ3v) is 2.74. The minimum absolute atomic E-state index is 0.148. The summed E-state index contributed by atoms with van der Waals surface area (Å²) >= 11 is 0. The van der Waals surface area contributed by atoms with Crippen LogP contribution in [-0.2, 0) is 6.42 Å². The molecule has 6 nitrogen and oxygen atoms in total. The van der Waals surface area contributed by atoms with Crippen molar-refractivity contribution >= 4 is 5.91 Å². The average molecular weight is 240 g/mol. The highest BCUT2D eigenvalue weighted by atomic mass is 16.3. The summed E-state index contributed by atoms with van der Waals surface area (Å²) in [5, 5.41) is 18.2. The smallest absolute Gasteiger partial charge is 0.290 e. The van der Waals surface area contributed by atoms with Gasteiger partial charge in [0.25, 0.3) is 5.91 Å². The summed E-state index contributed by atoms with van der Waals surface area (Å²) in [4.78, 5) is 15.7. The number of aromatic amines is 1. The predicted molar refractivity (Wildman–Crippen MR) is 63.6 cm³/mol. The summed E-state index contributed by atoms with van der Waals surface area (Å²) in [6.45, 7) is 4.67. The Balaban J connectivity index is 2.43. The molecule has 0 aliphatic heterocycles. The van der Waals surface area contributed by atoms with E-state index in [1.807, 2.05) is 13.8 Å². The number of carbonyl (C=O) groups is 1. The third kappa shape index (κ3) is 4.14. The van der Waals surface area contributed by atoms with Crippen molar-refractivity contribution < 1.29 is 9.90 Å². The van der Waals surface area contributed by atoms with Crippen molar-refractivity contribution in [3.8, 4) is 0 Å². The molecule has 1 atom stereocenters. The van der Waals surface area contributed by atoms with Gasteiger partial charge in [0.2, 0.25) is 5.82 Å². The molecule has 1 aromatic rings. The van der Waals surface area contributed by atoms with Crippen LogP contribution in [-0.4, -0.2) is 39.3 Å². The molecular weight excluding hydrogens is 220 g/mol. The van der Waals surface area contributed by atoms with Gasteiger partial charge >= 0.3 is 0 Å². The maximum Gasteiger partial charge on any atom is 0.290 e. The van der Waals surface area contributed by atoms with Gasteiger partial charge in [-0.1, -0.05) is 20.3 Å². The fourth-order valence-corrected chi connectivity index (χ4v) is 1.50. The molecule has 3 N–H and O–H groups in total. The summed E-state index contributed by atoms with van der Waals surface area (Å²) in [5.41, 5.74) is 0. The number of nitrogens with zero attached hydrogens (tertiary/aromatic N) is 2. The van der Waals surface area contributed by atoms with Crippen LogP contribution in [0.25, 0.3) is 0 Å². The van der Waals surface area contributed by atoms with Crippen molar-refractivity contribution in [3.63, 3.8) is 0 Å². The first-order chi connectivity index (χ1) is 8.21. The molecule has 0 fully saturated rings. The molecule has 17 heavy (non-hydrogen) atoms. The number of aliphatic hydroxyl groups excluding tert-OH is 1. The van der Waals surface area contributed by atoms with E-state index in [2.05, 4.69) is 20.5 Å². The van der Waals surface area contributed by atoms with Crippen molar-refractivity contribution in [1.82, 2.24) is 20.5 Å². The molecule has 0 radical (unpaired) electrons. The Morgan fingerprint density at radius 2 is 2.29 bits per heavy atom. The predicted octanol–water partition coefficient (Wildman–Crippen LogP) is 0.505. The first-order valence-electron chi connectivity index (χ1n) is 6.01. The number of nitrogens with one attached hydrogen (secondary N) is 2. The van der Waals surface area contributed by atoms with E-state index in [-0.39, 0.29) is 18.3 Å². The lowest BCUT2D eigenvalue weighted by molar-refractivity contribution is 0.0933. The van der Waals surface area contributed by atoms with E-state index in [1.54, 1.807) is 0 Å². The summed E-state index contributed by atoms with van der Waals surface area (Å²) in [6, 6.07) is 0. The normalized spacial score (nSPS) is 12.4. The van der Waals surface area contributed by atoms with Gasteiger partial charge in [0.15, 0.2) is 0 Å². The van der Waals surface area contributed by atoms with Crippen molar-refractivity contribution in [3.05, 3.63) is 11.6 Å². The van der Waals surface area contributed by atoms with Crippen molar-refractivity contribution in [2.24, 2.45) is 5.92 Å². The summed E-state index contributed by atoms with van der Waals surface area (Å²) in [7, 11) is 0. The second kappa shape index (κ2) is 7.01. The lowest BCUT2D eigenvalue weighted by atomic mass is 10.0. The van der Waals surface area contributed by atoms with Gasteiger partial charge in [0.05, 0.1) is 0 Å². The van der Waals surface area contributed by atoms with Gasteiger partial charge in [-0.15, -0.1) is 5.10 Å². The molecule has 0 aromatic carbocycles. The van der Waals surface area contributed by atoms with Gasteiger partial charge in [-0.3, -0.25) is 9.89 Å². The van der Waals surface area contributed by atoms with Crippen LogP contribution in [0.15, 0.2) is 0 Å². The zero-order valence-corrected chi connectivity index (χ0v) is 10.4. The fraction of sp³-hybridized carbons (Fsp3) is 0.727. The molecule has 1 unspecified atom stereocenters. The van der Waals surface area contributed by atoms with Crippen LogP contribution < -0.4 is 5.32 Å². The Bertz CT molecular complexity index is 351. The molecule has 96 valence electrons. The molecule has 1 heterocycles. The van der Waals surface area contributed by atoms with Crippen molar-refractivity contribution in [1.29, 1.82) is 0 Å². The van der Waals surface area contributed by atoms with Crippen molar-refractivity contribution in [2.45, 2.75) is 33.1 Å². The van der Waals surface area contributed by atoms with Crippen LogP contribution in [0.2, 0.25) is 0 Å². The number of H-pyrrole nitrogens is 1. The zero-order chi connectivity index (χ0) is 12.7. The Kier molecular flexibility index (Phi) is 5.62. The molecule has 1 rings (SSSR count). The molecular formula is C11H20N4O2. The van der Waals surface area contributed by atoms with Crippen LogP contribution in [0.4, 0.5) is 0 Å². The van der Waals surface area contributed by atoms with Crippen LogP contribution in [0.5, 0.6) is 0 Å². The second-order valence-corrected chi connectivity index (χ2v) is 3.96. The quantitative estimate of drug-likeness (QED) is 0.647. The van der Waals surface area contributed by atoms with Crippen molar-refractivity contribution in [2.75, 3.05) is 13.2 Å². The van der Waals surface area contributed by atoms with E-state index in [0.717, 1.165) is 12.8 Å².